The van der Waals surface area contributed by atoms with Crippen molar-refractivity contribution in [1.29, 1.82) is 0 Å². The van der Waals surface area contributed by atoms with Gasteiger partial charge in [0.2, 0.25) is 18.1 Å². The summed E-state index contributed by atoms with van der Waals surface area (Å²) in [5, 5.41) is 14.3. The Morgan fingerprint density at radius 1 is 1.20 bits per heavy atom. The summed E-state index contributed by atoms with van der Waals surface area (Å²) in [5.74, 6) is -0.906. The van der Waals surface area contributed by atoms with E-state index in [9.17, 15) is 14.0 Å². The summed E-state index contributed by atoms with van der Waals surface area (Å²) in [6, 6.07) is 7.51. The van der Waals surface area contributed by atoms with Crippen LogP contribution in [0.5, 0.6) is 0 Å². The number of nitrogens with zero attached hydrogens (tertiary/aromatic N) is 3. The number of carboxylic acids is 1. The quantitative estimate of drug-likeness (QED) is 0.378. The summed E-state index contributed by atoms with van der Waals surface area (Å²) < 4.78 is 25.2. The fourth-order valence-corrected chi connectivity index (χ4v) is 3.57. The van der Waals surface area contributed by atoms with Gasteiger partial charge in [0.15, 0.2) is 5.82 Å². The van der Waals surface area contributed by atoms with Gasteiger partial charge in [0, 0.05) is 25.4 Å². The molecular weight excluding hydrogens is 459 g/mol. The molecule has 11 nitrogen and oxygen atoms in total. The van der Waals surface area contributed by atoms with Crippen LogP contribution in [-0.2, 0) is 19.1 Å². The fraction of sp³-hybridized carbons (Fsp3) is 0.348. The number of anilines is 1. The Morgan fingerprint density at radius 3 is 2.57 bits per heavy atom. The van der Waals surface area contributed by atoms with Crippen molar-refractivity contribution in [3.05, 3.63) is 48.2 Å². The lowest BCUT2D eigenvalue weighted by atomic mass is 9.91. The molecule has 1 saturated heterocycles. The van der Waals surface area contributed by atoms with E-state index in [2.05, 4.69) is 30.6 Å². The molecule has 0 saturated carbocycles. The third kappa shape index (κ3) is 5.44. The number of halogens is 1. The zero-order valence-electron chi connectivity index (χ0n) is 19.2. The molecule has 2 aromatic heterocycles. The van der Waals surface area contributed by atoms with Crippen LogP contribution < -0.4 is 10.6 Å². The Balaban J connectivity index is 1.65. The van der Waals surface area contributed by atoms with Crippen LogP contribution in [0.15, 0.2) is 36.5 Å². The fourth-order valence-electron chi connectivity index (χ4n) is 3.57. The smallest absolute Gasteiger partial charge is 0.305 e. The summed E-state index contributed by atoms with van der Waals surface area (Å²) in [6.07, 6.45) is 0.590. The number of amides is 1. The van der Waals surface area contributed by atoms with E-state index < -0.39 is 17.7 Å². The van der Waals surface area contributed by atoms with Gasteiger partial charge >= 0.3 is 5.97 Å². The molecule has 0 atom stereocenters. The van der Waals surface area contributed by atoms with E-state index in [4.69, 9.17) is 14.6 Å². The summed E-state index contributed by atoms with van der Waals surface area (Å²) in [5.41, 5.74) is 1.28. The number of rotatable bonds is 8. The molecule has 3 aromatic rings. The highest BCUT2D eigenvalue weighted by Crippen LogP contribution is 2.35. The predicted octanol–water partition coefficient (Wildman–Crippen LogP) is 2.36. The number of carbonyl (C=O) groups is 2. The number of nitrogens with one attached hydrogen (secondary N) is 3. The van der Waals surface area contributed by atoms with Gasteiger partial charge in [-0.05, 0) is 37.3 Å². The Morgan fingerprint density at radius 2 is 1.91 bits per heavy atom. The maximum atomic E-state index is 13.5. The molecule has 4 N–H and O–H groups in total. The van der Waals surface area contributed by atoms with Crippen LogP contribution in [-0.4, -0.2) is 63.7 Å². The second-order valence-corrected chi connectivity index (χ2v) is 8.28. The molecule has 0 spiro atoms. The first-order valence-electron chi connectivity index (χ1n) is 10.9. The Labute approximate surface area is 200 Å². The number of carbonyl (C=O) groups excluding carboxylic acids is 1. The van der Waals surface area contributed by atoms with Crippen molar-refractivity contribution < 1.29 is 28.6 Å². The molecule has 1 fully saturated rings. The monoisotopic (exact) mass is 484 g/mol. The van der Waals surface area contributed by atoms with E-state index in [0.29, 0.717) is 28.5 Å². The topological polar surface area (TPSA) is 151 Å². The molecule has 0 radical (unpaired) electrons. The third-order valence-corrected chi connectivity index (χ3v) is 5.48. The van der Waals surface area contributed by atoms with Crippen molar-refractivity contribution in [2.45, 2.75) is 19.6 Å². The number of aliphatic carboxylic acids is 1. The number of H-pyrrole nitrogens is 1. The molecule has 1 aromatic carbocycles. The van der Waals surface area contributed by atoms with Crippen molar-refractivity contribution in [2.75, 3.05) is 32.1 Å². The minimum atomic E-state index is -0.939. The molecular formula is C23H25FN6O5. The summed E-state index contributed by atoms with van der Waals surface area (Å²) >= 11 is 0. The SMILES string of the molecule is CNC(=O)C1(C)COC(c2nc(-c3ccc(F)cc3)c(-c3ccnc(NCCC(=O)O)n3)[nH]2)OC1. The zero-order chi connectivity index (χ0) is 25.0. The zero-order valence-corrected chi connectivity index (χ0v) is 19.2. The van der Waals surface area contributed by atoms with Crippen LogP contribution in [0.1, 0.15) is 25.5 Å². The molecule has 12 heteroatoms. The molecule has 0 aliphatic carbocycles. The van der Waals surface area contributed by atoms with Crippen LogP contribution in [0.25, 0.3) is 22.6 Å². The maximum Gasteiger partial charge on any atom is 0.305 e. The molecule has 35 heavy (non-hydrogen) atoms. The molecule has 3 heterocycles. The first-order valence-corrected chi connectivity index (χ1v) is 10.9. The predicted molar refractivity (Wildman–Crippen MR) is 123 cm³/mol. The lowest BCUT2D eigenvalue weighted by molar-refractivity contribution is -0.230. The van der Waals surface area contributed by atoms with Gasteiger partial charge in [-0.3, -0.25) is 9.59 Å². The summed E-state index contributed by atoms with van der Waals surface area (Å²) in [4.78, 5) is 39.4. The number of aromatic amines is 1. The molecule has 1 amide bonds. The number of hydrogen-bond acceptors (Lipinski definition) is 8. The van der Waals surface area contributed by atoms with Gasteiger partial charge in [-0.15, -0.1) is 0 Å². The lowest BCUT2D eigenvalue weighted by Gasteiger charge is -2.34. The highest BCUT2D eigenvalue weighted by atomic mass is 19.1. The van der Waals surface area contributed by atoms with Crippen LogP contribution in [0.3, 0.4) is 0 Å². The average Bonchev–Trinajstić information content (AvgIpc) is 3.30. The van der Waals surface area contributed by atoms with Gasteiger partial charge in [-0.1, -0.05) is 0 Å². The van der Waals surface area contributed by atoms with Crippen LogP contribution in [0, 0.1) is 11.2 Å². The normalized spacial score (nSPS) is 19.8. The summed E-state index contributed by atoms with van der Waals surface area (Å²) in [6.45, 7) is 2.17. The van der Waals surface area contributed by atoms with Gasteiger partial charge in [0.25, 0.3) is 0 Å². The number of ether oxygens (including phenoxy) is 2. The van der Waals surface area contributed by atoms with Gasteiger partial charge in [0.1, 0.15) is 5.82 Å². The number of hydrogen-bond donors (Lipinski definition) is 4. The van der Waals surface area contributed by atoms with Crippen molar-refractivity contribution >= 4 is 17.8 Å². The van der Waals surface area contributed by atoms with Crippen LogP contribution in [0.2, 0.25) is 0 Å². The van der Waals surface area contributed by atoms with Crippen LogP contribution in [0.4, 0.5) is 10.3 Å². The van der Waals surface area contributed by atoms with Gasteiger partial charge in [-0.25, -0.2) is 19.3 Å². The Bertz CT molecular complexity index is 1210. The number of aromatic nitrogens is 4. The largest absolute Gasteiger partial charge is 0.481 e. The third-order valence-electron chi connectivity index (χ3n) is 5.48. The van der Waals surface area contributed by atoms with Crippen molar-refractivity contribution in [3.8, 4) is 22.6 Å². The molecule has 1 aliphatic rings. The summed E-state index contributed by atoms with van der Waals surface area (Å²) in [7, 11) is 1.56. The highest BCUT2D eigenvalue weighted by molar-refractivity contribution is 5.82. The molecule has 0 unspecified atom stereocenters. The maximum absolute atomic E-state index is 13.5. The van der Waals surface area contributed by atoms with E-state index in [0.717, 1.165) is 0 Å². The standard InChI is InChI=1S/C23H25FN6O5/c1-23(21(33)25-2)11-34-20(35-12-23)19-29-17(13-3-5-14(24)6-4-13)18(30-19)15-7-9-26-22(28-15)27-10-8-16(31)32/h3-7,9,20H,8,10-12H2,1-2H3,(H,25,33)(H,29,30)(H,31,32)(H,26,27,28). The number of imidazole rings is 1. The molecule has 0 bridgehead atoms. The number of carboxylic acid groups (broad SMARTS) is 1. The first kappa shape index (κ1) is 24.2. The van der Waals surface area contributed by atoms with Crippen molar-refractivity contribution in [3.63, 3.8) is 0 Å². The number of benzene rings is 1. The van der Waals surface area contributed by atoms with E-state index in [1.165, 1.54) is 18.3 Å². The lowest BCUT2D eigenvalue weighted by Crippen LogP contribution is -2.47. The second-order valence-electron chi connectivity index (χ2n) is 8.28. The minimum Gasteiger partial charge on any atom is -0.481 e. The first-order chi connectivity index (χ1) is 16.8. The van der Waals surface area contributed by atoms with E-state index in [1.54, 1.807) is 32.2 Å². The molecule has 184 valence electrons. The van der Waals surface area contributed by atoms with E-state index in [-0.39, 0.29) is 43.9 Å². The minimum absolute atomic E-state index is 0.0893. The average molecular weight is 484 g/mol. The van der Waals surface area contributed by atoms with Gasteiger partial charge < -0.3 is 30.2 Å². The Hall–Kier alpha value is -3.90. The van der Waals surface area contributed by atoms with Gasteiger partial charge in [0.05, 0.1) is 42.1 Å². The Kier molecular flexibility index (Phi) is 7.03. The highest BCUT2D eigenvalue weighted by Gasteiger charge is 2.40. The molecule has 4 rings (SSSR count). The molecule has 1 aliphatic heterocycles. The van der Waals surface area contributed by atoms with Crippen LogP contribution >= 0.6 is 0 Å². The van der Waals surface area contributed by atoms with Crippen molar-refractivity contribution in [2.24, 2.45) is 5.41 Å². The van der Waals surface area contributed by atoms with E-state index in [1.807, 2.05) is 0 Å². The second kappa shape index (κ2) is 10.2. The van der Waals surface area contributed by atoms with Crippen molar-refractivity contribution in [1.82, 2.24) is 25.3 Å². The van der Waals surface area contributed by atoms with Gasteiger partial charge in [-0.2, -0.15) is 0 Å². The van der Waals surface area contributed by atoms with E-state index >= 15 is 0 Å².